The maximum Gasteiger partial charge on any atom is 0.313 e. The van der Waals surface area contributed by atoms with Crippen molar-refractivity contribution in [1.82, 2.24) is 0 Å². The van der Waals surface area contributed by atoms with Crippen LogP contribution in [0.15, 0.2) is 12.8 Å². The molecule has 0 N–H and O–H groups in total. The molecule has 0 heterocycles. The van der Waals surface area contributed by atoms with E-state index in [-0.39, 0.29) is 19.3 Å². The molecule has 0 unspecified atom stereocenters. The zero-order chi connectivity index (χ0) is 5.98. The fraction of sp³-hybridized carbons (Fsp3) is 0.429. The Bertz CT molecular complexity index is 114. The van der Waals surface area contributed by atoms with Gasteiger partial charge in [-0.15, -0.1) is 0 Å². The molecule has 0 saturated heterocycles. The third kappa shape index (κ3) is 2.31. The van der Waals surface area contributed by atoms with Crippen LogP contribution in [0.4, 0.5) is 0 Å². The average molecular weight is 124 g/mol. The Morgan fingerprint density at radius 3 is 2.56 bits per heavy atom. The summed E-state index contributed by atoms with van der Waals surface area (Å²) >= 11 is 0. The lowest BCUT2D eigenvalue weighted by atomic mass is 10.4. The van der Waals surface area contributed by atoms with Crippen molar-refractivity contribution in [3.05, 3.63) is 20.3 Å². The monoisotopic (exact) mass is 124 g/mol. The fourth-order valence-electron chi connectivity index (χ4n) is 0.497. The zero-order valence-corrected chi connectivity index (χ0v) is 5.09. The van der Waals surface area contributed by atoms with Gasteiger partial charge in [0.1, 0.15) is 0 Å². The summed E-state index contributed by atoms with van der Waals surface area (Å²) in [5, 5.41) is 0. The van der Waals surface area contributed by atoms with Gasteiger partial charge in [0.2, 0.25) is 0 Å². The Kier molecular flexibility index (Phi) is 2.99. The van der Waals surface area contributed by atoms with Crippen LogP contribution in [-0.2, 0) is 9.53 Å². The summed E-state index contributed by atoms with van der Waals surface area (Å²) < 4.78 is 4.49. The summed E-state index contributed by atoms with van der Waals surface area (Å²) in [5.74, 6) is 0.0630. The molecule has 1 aliphatic carbocycles. The highest BCUT2D eigenvalue weighted by atomic mass is 16.5. The minimum absolute atomic E-state index is 0. The summed E-state index contributed by atoms with van der Waals surface area (Å²) in [4.78, 5) is 10.5. The molecular formula is C7H8O2. The van der Waals surface area contributed by atoms with Gasteiger partial charge in [-0.25, -0.2) is 0 Å². The van der Waals surface area contributed by atoms with Crippen LogP contribution in [0, 0.1) is 13.3 Å². The first kappa shape index (κ1) is 8.21. The maximum absolute atomic E-state index is 10.5. The van der Waals surface area contributed by atoms with E-state index in [4.69, 9.17) is 0 Å². The van der Waals surface area contributed by atoms with Gasteiger partial charge in [-0.1, -0.05) is 6.58 Å². The quantitative estimate of drug-likeness (QED) is 0.408. The van der Waals surface area contributed by atoms with Gasteiger partial charge in [-0.3, -0.25) is 4.79 Å². The second kappa shape index (κ2) is 3.28. The Morgan fingerprint density at radius 1 is 1.67 bits per heavy atom. The Morgan fingerprint density at radius 2 is 2.22 bits per heavy atom. The number of esters is 1. The topological polar surface area (TPSA) is 26.3 Å². The highest BCUT2D eigenvalue weighted by Gasteiger charge is 2.30. The maximum atomic E-state index is 10.5. The second-order valence-corrected chi connectivity index (χ2v) is 1.88. The highest BCUT2D eigenvalue weighted by Crippen LogP contribution is 2.29. The van der Waals surface area contributed by atoms with E-state index in [1.54, 1.807) is 0 Å². The van der Waals surface area contributed by atoms with E-state index < -0.39 is 0 Å². The molecule has 0 aromatic heterocycles. The van der Waals surface area contributed by atoms with Crippen LogP contribution in [0.1, 0.15) is 12.8 Å². The number of ether oxygens (including phenoxy) is 1. The van der Waals surface area contributed by atoms with Gasteiger partial charge < -0.3 is 4.74 Å². The third-order valence-electron chi connectivity index (χ3n) is 1.11. The number of hydrogen-bond donors (Lipinski definition) is 0. The summed E-state index contributed by atoms with van der Waals surface area (Å²) in [7, 11) is 0. The molecule has 0 aromatic carbocycles. The molecule has 1 rings (SSSR count). The Hall–Kier alpha value is -0.790. The molecule has 0 bridgehead atoms. The number of rotatable bonds is 2. The van der Waals surface area contributed by atoms with Crippen LogP contribution in [0.5, 0.6) is 0 Å². The molecule has 2 heteroatoms. The first-order valence-corrected chi connectivity index (χ1v) is 2.66. The predicted molar refractivity (Wildman–Crippen MR) is 32.3 cm³/mol. The summed E-state index contributed by atoms with van der Waals surface area (Å²) in [6.07, 6.45) is 3.17. The molecular weight excluding hydrogens is 116 g/mol. The molecule has 0 aromatic rings. The van der Waals surface area contributed by atoms with Crippen molar-refractivity contribution in [3.8, 4) is 0 Å². The van der Waals surface area contributed by atoms with Gasteiger partial charge in [-0.2, -0.15) is 0 Å². The molecule has 1 saturated carbocycles. The van der Waals surface area contributed by atoms with Crippen LogP contribution in [0.3, 0.4) is 0 Å². The van der Waals surface area contributed by atoms with Gasteiger partial charge in [0, 0.05) is 7.43 Å². The first-order chi connectivity index (χ1) is 3.84. The highest BCUT2D eigenvalue weighted by molar-refractivity contribution is 5.75. The van der Waals surface area contributed by atoms with E-state index in [1.165, 1.54) is 6.26 Å². The zero-order valence-electron chi connectivity index (χ0n) is 5.09. The minimum Gasteiger partial charge on any atom is -0.435 e. The third-order valence-corrected chi connectivity index (χ3v) is 1.11. The summed E-state index contributed by atoms with van der Waals surface area (Å²) in [5.41, 5.74) is 0. The molecule has 1 aliphatic rings. The van der Waals surface area contributed by atoms with Crippen LogP contribution >= 0.6 is 0 Å². The average Bonchev–Trinajstić information content (AvgIpc) is 2.45. The van der Waals surface area contributed by atoms with Gasteiger partial charge >= 0.3 is 5.97 Å². The van der Waals surface area contributed by atoms with Crippen molar-refractivity contribution in [2.24, 2.45) is 5.92 Å². The number of carbonyl (C=O) groups is 1. The van der Waals surface area contributed by atoms with Gasteiger partial charge in [0.05, 0.1) is 12.2 Å². The van der Waals surface area contributed by atoms with E-state index >= 15 is 0 Å². The minimum atomic E-state index is -0.125. The van der Waals surface area contributed by atoms with Crippen molar-refractivity contribution in [3.63, 3.8) is 0 Å². The van der Waals surface area contributed by atoms with Gasteiger partial charge in [-0.05, 0) is 12.8 Å². The molecule has 1 fully saturated rings. The predicted octanol–water partition coefficient (Wildman–Crippen LogP) is 1.16. The summed E-state index contributed by atoms with van der Waals surface area (Å²) in [6, 6.07) is 0. The van der Waals surface area contributed by atoms with Crippen molar-refractivity contribution < 1.29 is 9.53 Å². The molecule has 0 aliphatic heterocycles. The van der Waals surface area contributed by atoms with Crippen molar-refractivity contribution in [2.75, 3.05) is 0 Å². The van der Waals surface area contributed by atoms with Crippen molar-refractivity contribution in [1.29, 1.82) is 0 Å². The molecule has 0 spiro atoms. The summed E-state index contributed by atoms with van der Waals surface area (Å²) in [6.45, 7) is 3.27. The van der Waals surface area contributed by atoms with Crippen molar-refractivity contribution in [2.45, 2.75) is 12.8 Å². The Labute approximate surface area is 55.5 Å². The molecule has 4 radical (unpaired) electrons. The smallest absolute Gasteiger partial charge is 0.313 e. The molecule has 2 nitrogen and oxygen atoms in total. The van der Waals surface area contributed by atoms with Gasteiger partial charge in [0.15, 0.2) is 0 Å². The van der Waals surface area contributed by atoms with Crippen LogP contribution in [0.25, 0.3) is 0 Å². The van der Waals surface area contributed by atoms with E-state index in [0.29, 0.717) is 0 Å². The molecule has 48 valence electrons. The van der Waals surface area contributed by atoms with E-state index in [1.807, 2.05) is 0 Å². The number of carbonyl (C=O) groups excluding carboxylic acids is 1. The normalized spacial score (nSPS) is 15.6. The molecule has 0 atom stereocenters. The van der Waals surface area contributed by atoms with Crippen LogP contribution in [0.2, 0.25) is 0 Å². The molecule has 0 amide bonds. The van der Waals surface area contributed by atoms with Crippen LogP contribution in [-0.4, -0.2) is 5.97 Å². The Balaban J connectivity index is 0.000000640. The van der Waals surface area contributed by atoms with Crippen molar-refractivity contribution >= 4 is 5.97 Å². The first-order valence-electron chi connectivity index (χ1n) is 2.66. The van der Waals surface area contributed by atoms with E-state index in [9.17, 15) is 4.79 Å². The lowest BCUT2D eigenvalue weighted by Gasteiger charge is -1.90. The number of hydrogen-bond acceptors (Lipinski definition) is 2. The lowest BCUT2D eigenvalue weighted by Crippen LogP contribution is -2.00. The van der Waals surface area contributed by atoms with E-state index in [0.717, 1.165) is 12.8 Å². The van der Waals surface area contributed by atoms with Gasteiger partial charge in [0.25, 0.3) is 0 Å². The van der Waals surface area contributed by atoms with E-state index in [2.05, 4.69) is 11.3 Å². The lowest BCUT2D eigenvalue weighted by molar-refractivity contribution is -0.139. The SMILES string of the molecule is C=COC(=O)C1CC1.[C]. The largest absolute Gasteiger partial charge is 0.435 e. The van der Waals surface area contributed by atoms with Crippen LogP contribution < -0.4 is 0 Å². The second-order valence-electron chi connectivity index (χ2n) is 1.88. The fourth-order valence-corrected chi connectivity index (χ4v) is 0.497. The molecule has 9 heavy (non-hydrogen) atoms. The standard InChI is InChI=1S/C6H8O2.C/c1-2-8-6(7)5-3-4-5;/h2,5H,1,3-4H2;.